The number of sulfone groups is 1. The molecule has 3 heterocycles. The molecule has 3 aliphatic heterocycles. The molecular weight excluding hydrogens is 563 g/mol. The van der Waals surface area contributed by atoms with Crippen molar-refractivity contribution in [3.8, 4) is 0 Å². The molecule has 1 amide bonds. The van der Waals surface area contributed by atoms with Crippen molar-refractivity contribution in [1.82, 2.24) is 4.90 Å². The molecule has 1 spiro atoms. The Morgan fingerprint density at radius 3 is 2.38 bits per heavy atom. The summed E-state index contributed by atoms with van der Waals surface area (Å²) in [4.78, 5) is 17.9. The number of fused-ring (bicyclic) bond motifs is 2. The fourth-order valence-electron chi connectivity index (χ4n) is 4.16. The molecule has 0 saturated carbocycles. The molecule has 37 heavy (non-hydrogen) atoms. The number of halogens is 6. The van der Waals surface area contributed by atoms with E-state index in [9.17, 15) is 30.8 Å². The van der Waals surface area contributed by atoms with Gasteiger partial charge in [0.1, 0.15) is 11.4 Å². The van der Waals surface area contributed by atoms with Gasteiger partial charge in [-0.3, -0.25) is 4.79 Å². The fraction of sp³-hybridized carbons (Fsp3) is 0.391. The number of carbonyl (C=O) groups excluding carboxylic acids is 1. The number of alkyl halides is 3. The molecule has 0 aromatic heterocycles. The second-order valence-corrected chi connectivity index (χ2v) is 11.8. The SMILES string of the molecule is CS(=O)(=O)CC(=O)N1CC2(C1)OCc1cc(C3=NOC(C(F)(F)F)C3)ccc12.Fc1c(Cl)cccc1Cl. The summed E-state index contributed by atoms with van der Waals surface area (Å²) in [6.45, 7) is 0.746. The van der Waals surface area contributed by atoms with E-state index in [1.165, 1.54) is 17.0 Å². The van der Waals surface area contributed by atoms with Crippen LogP contribution in [0.25, 0.3) is 0 Å². The average molecular weight is 583 g/mol. The first-order valence-corrected chi connectivity index (χ1v) is 13.6. The topological polar surface area (TPSA) is 85.3 Å². The Morgan fingerprint density at radius 1 is 1.19 bits per heavy atom. The Morgan fingerprint density at radius 2 is 1.84 bits per heavy atom. The molecule has 1 unspecified atom stereocenters. The zero-order valence-corrected chi connectivity index (χ0v) is 21.5. The van der Waals surface area contributed by atoms with Crippen molar-refractivity contribution in [2.45, 2.75) is 30.9 Å². The number of hydrogen-bond acceptors (Lipinski definition) is 6. The third-order valence-electron chi connectivity index (χ3n) is 6.00. The number of hydrogen-bond donors (Lipinski definition) is 0. The van der Waals surface area contributed by atoms with Crippen molar-refractivity contribution in [1.29, 1.82) is 0 Å². The summed E-state index contributed by atoms with van der Waals surface area (Å²) in [6.07, 6.45) is -5.74. The van der Waals surface area contributed by atoms with E-state index in [2.05, 4.69) is 9.99 Å². The van der Waals surface area contributed by atoms with Crippen LogP contribution in [0.3, 0.4) is 0 Å². The minimum Gasteiger partial charge on any atom is -0.382 e. The van der Waals surface area contributed by atoms with E-state index in [-0.39, 0.29) is 41.9 Å². The molecule has 7 nitrogen and oxygen atoms in total. The molecule has 0 aliphatic carbocycles. The van der Waals surface area contributed by atoms with Crippen molar-refractivity contribution in [3.63, 3.8) is 0 Å². The molecule has 0 N–H and O–H groups in total. The highest BCUT2D eigenvalue weighted by Gasteiger charge is 2.52. The largest absolute Gasteiger partial charge is 0.428 e. The molecule has 3 aliphatic rings. The quantitative estimate of drug-likeness (QED) is 0.393. The first-order valence-electron chi connectivity index (χ1n) is 10.8. The molecule has 5 rings (SSSR count). The lowest BCUT2D eigenvalue weighted by molar-refractivity contribution is -0.212. The number of likely N-dealkylation sites (tertiary alicyclic amines) is 1. The number of benzene rings is 2. The highest BCUT2D eigenvalue weighted by Crippen LogP contribution is 2.44. The maximum absolute atomic E-state index is 12.7. The number of ether oxygens (including phenoxy) is 1. The van der Waals surface area contributed by atoms with Crippen LogP contribution in [-0.4, -0.2) is 62.3 Å². The summed E-state index contributed by atoms with van der Waals surface area (Å²) in [5.41, 5.74) is 1.74. The Hall–Kier alpha value is -2.41. The van der Waals surface area contributed by atoms with Crippen LogP contribution >= 0.6 is 23.2 Å². The number of oxime groups is 1. The van der Waals surface area contributed by atoms with Crippen molar-refractivity contribution in [2.75, 3.05) is 25.1 Å². The van der Waals surface area contributed by atoms with Crippen LogP contribution in [0.4, 0.5) is 17.6 Å². The van der Waals surface area contributed by atoms with Crippen molar-refractivity contribution in [3.05, 3.63) is 69.0 Å². The van der Waals surface area contributed by atoms with E-state index in [1.54, 1.807) is 24.3 Å². The lowest BCUT2D eigenvalue weighted by Gasteiger charge is -2.47. The maximum Gasteiger partial charge on any atom is 0.428 e. The van der Waals surface area contributed by atoms with Gasteiger partial charge in [0.05, 0.1) is 35.5 Å². The van der Waals surface area contributed by atoms with E-state index in [0.717, 1.165) is 17.4 Å². The number of carbonyl (C=O) groups is 1. The van der Waals surface area contributed by atoms with Gasteiger partial charge in [-0.2, -0.15) is 13.2 Å². The summed E-state index contributed by atoms with van der Waals surface area (Å²) in [5.74, 6) is -1.58. The van der Waals surface area contributed by atoms with Crippen LogP contribution in [0.5, 0.6) is 0 Å². The molecule has 2 aromatic rings. The number of nitrogens with zero attached hydrogens (tertiary/aromatic N) is 2. The monoisotopic (exact) mass is 582 g/mol. The van der Waals surface area contributed by atoms with E-state index in [1.807, 2.05) is 0 Å². The Labute approximate surface area is 219 Å². The summed E-state index contributed by atoms with van der Waals surface area (Å²) in [7, 11) is -3.41. The Balaban J connectivity index is 0.000000301. The molecule has 1 atom stereocenters. The van der Waals surface area contributed by atoms with Gasteiger partial charge in [0, 0.05) is 12.7 Å². The summed E-state index contributed by atoms with van der Waals surface area (Å²) >= 11 is 10.7. The smallest absolute Gasteiger partial charge is 0.382 e. The van der Waals surface area contributed by atoms with Crippen LogP contribution in [-0.2, 0) is 36.4 Å². The first-order chi connectivity index (χ1) is 17.2. The summed E-state index contributed by atoms with van der Waals surface area (Å²) in [5, 5.41) is 3.68. The standard InChI is InChI=1S/C17H17F3N2O5S.C6H3Cl2F/c1-28(24,25)7-15(23)22-8-16(9-22)12-3-2-10(4-11(12)6-26-16)13-5-14(27-21-13)17(18,19)20;7-4-2-1-3-5(8)6(4)9/h2-4,14H,5-9H2,1H3;1-3H. The molecule has 1 saturated heterocycles. The molecular formula is C23H20Cl2F4N2O5S. The molecule has 200 valence electrons. The maximum atomic E-state index is 12.7. The van der Waals surface area contributed by atoms with Crippen LogP contribution < -0.4 is 0 Å². The molecule has 14 heteroatoms. The van der Waals surface area contributed by atoms with Crippen LogP contribution in [0.15, 0.2) is 41.6 Å². The van der Waals surface area contributed by atoms with Crippen LogP contribution in [0, 0.1) is 5.82 Å². The Bertz CT molecular complexity index is 1340. The van der Waals surface area contributed by atoms with Crippen molar-refractivity contribution in [2.24, 2.45) is 5.16 Å². The summed E-state index contributed by atoms with van der Waals surface area (Å²) in [6, 6.07) is 9.64. The van der Waals surface area contributed by atoms with E-state index in [4.69, 9.17) is 27.9 Å². The third kappa shape index (κ3) is 6.02. The molecule has 0 bridgehead atoms. The van der Waals surface area contributed by atoms with Gasteiger partial charge in [-0.05, 0) is 34.9 Å². The lowest BCUT2D eigenvalue weighted by atomic mass is 9.84. The van der Waals surface area contributed by atoms with E-state index in [0.29, 0.717) is 5.56 Å². The zero-order chi connectivity index (χ0) is 27.2. The van der Waals surface area contributed by atoms with Gasteiger partial charge >= 0.3 is 6.18 Å². The van der Waals surface area contributed by atoms with E-state index < -0.39 is 45.2 Å². The van der Waals surface area contributed by atoms with Gasteiger partial charge in [-0.1, -0.05) is 46.6 Å². The predicted molar refractivity (Wildman–Crippen MR) is 128 cm³/mol. The van der Waals surface area contributed by atoms with Crippen LogP contribution in [0.2, 0.25) is 10.0 Å². The fourth-order valence-corrected chi connectivity index (χ4v) is 5.18. The highest BCUT2D eigenvalue weighted by atomic mass is 35.5. The van der Waals surface area contributed by atoms with Gasteiger partial charge < -0.3 is 14.5 Å². The summed E-state index contributed by atoms with van der Waals surface area (Å²) < 4.78 is 79.1. The van der Waals surface area contributed by atoms with Crippen molar-refractivity contribution >= 4 is 44.7 Å². The predicted octanol–water partition coefficient (Wildman–Crippen LogP) is 4.49. The molecule has 0 radical (unpaired) electrons. The number of rotatable bonds is 3. The number of amides is 1. The second-order valence-electron chi connectivity index (χ2n) is 8.89. The zero-order valence-electron chi connectivity index (χ0n) is 19.2. The van der Waals surface area contributed by atoms with Gasteiger partial charge in [0.25, 0.3) is 0 Å². The minimum absolute atomic E-state index is 0.0579. The van der Waals surface area contributed by atoms with Gasteiger partial charge in [0.2, 0.25) is 12.0 Å². The van der Waals surface area contributed by atoms with Crippen LogP contribution in [0.1, 0.15) is 23.1 Å². The highest BCUT2D eigenvalue weighted by molar-refractivity contribution is 7.91. The second kappa shape index (κ2) is 10.0. The third-order valence-corrected chi connectivity index (χ3v) is 7.36. The minimum atomic E-state index is -4.47. The molecule has 1 fully saturated rings. The van der Waals surface area contributed by atoms with Gasteiger partial charge in [-0.15, -0.1) is 0 Å². The first kappa shape index (κ1) is 27.6. The van der Waals surface area contributed by atoms with Gasteiger partial charge in [-0.25, -0.2) is 12.8 Å². The average Bonchev–Trinajstić information content (AvgIpc) is 3.41. The molecule has 2 aromatic carbocycles. The van der Waals surface area contributed by atoms with E-state index >= 15 is 0 Å². The Kier molecular flexibility index (Phi) is 7.50. The lowest BCUT2D eigenvalue weighted by Crippen LogP contribution is -2.62. The van der Waals surface area contributed by atoms with Crippen molar-refractivity contribution < 1.29 is 40.3 Å². The van der Waals surface area contributed by atoms with Gasteiger partial charge in [0.15, 0.2) is 15.7 Å². The normalized spacial score (nSPS) is 19.9.